The van der Waals surface area contributed by atoms with Gasteiger partial charge in [-0.05, 0) is 49.7 Å². The van der Waals surface area contributed by atoms with E-state index >= 15 is 0 Å². The van der Waals surface area contributed by atoms with Crippen molar-refractivity contribution < 1.29 is 18.7 Å². The second-order valence-electron chi connectivity index (χ2n) is 9.55. The average Bonchev–Trinajstić information content (AvgIpc) is 3.21. The number of halogens is 2. The van der Waals surface area contributed by atoms with Gasteiger partial charge < -0.3 is 10.0 Å². The molecule has 6 rings (SSSR count). The third kappa shape index (κ3) is 3.20. The minimum absolute atomic E-state index is 0.0626. The molecule has 2 aliphatic carbocycles. The predicted molar refractivity (Wildman–Crippen MR) is 125 cm³/mol. The van der Waals surface area contributed by atoms with Gasteiger partial charge in [0.2, 0.25) is 5.43 Å². The van der Waals surface area contributed by atoms with Crippen molar-refractivity contribution in [1.29, 1.82) is 0 Å². The van der Waals surface area contributed by atoms with Crippen LogP contribution in [-0.4, -0.2) is 50.0 Å². The lowest BCUT2D eigenvalue weighted by Crippen LogP contribution is -2.68. The lowest BCUT2D eigenvalue weighted by molar-refractivity contribution is 0.0278. The zero-order valence-corrected chi connectivity index (χ0v) is 20.0. The second-order valence-corrected chi connectivity index (χ2v) is 10.6. The van der Waals surface area contributed by atoms with Crippen LogP contribution in [-0.2, 0) is 6.42 Å². The van der Waals surface area contributed by atoms with Gasteiger partial charge in [-0.1, -0.05) is 17.4 Å². The van der Waals surface area contributed by atoms with Crippen molar-refractivity contribution in [3.8, 4) is 16.3 Å². The Labute approximate surface area is 203 Å². The topological polar surface area (TPSA) is 91.6 Å². The molecule has 2 saturated carbocycles. The van der Waals surface area contributed by atoms with Crippen LogP contribution >= 0.6 is 11.3 Å². The molecule has 1 aromatic carbocycles. The van der Waals surface area contributed by atoms with E-state index in [0.717, 1.165) is 30.2 Å². The van der Waals surface area contributed by atoms with Crippen LogP contribution in [0.1, 0.15) is 47.2 Å². The van der Waals surface area contributed by atoms with E-state index < -0.39 is 28.5 Å². The molecule has 3 atom stereocenters. The standard InChI is InChI=1S/C24H23F2N5O3S/c1-3-30-23(34)19-21(33)20(32)16(11-31(19)29(2)24(30)9-13-6-14(13)10-24)22-28-27-18(35-22)7-12-4-5-15(25)8-17(12)26/h4-5,8,11,13-14,33H,3,6-7,9-10H2,1-2H3/t13-,14+,24?. The van der Waals surface area contributed by atoms with Gasteiger partial charge in [0, 0.05) is 32.3 Å². The highest BCUT2D eigenvalue weighted by Crippen LogP contribution is 2.59. The summed E-state index contributed by atoms with van der Waals surface area (Å²) in [6.45, 7) is 2.38. The van der Waals surface area contributed by atoms with Crippen molar-refractivity contribution in [2.24, 2.45) is 11.8 Å². The van der Waals surface area contributed by atoms with Gasteiger partial charge >= 0.3 is 0 Å². The summed E-state index contributed by atoms with van der Waals surface area (Å²) < 4.78 is 28.9. The molecule has 3 aromatic rings. The Bertz CT molecular complexity index is 1430. The van der Waals surface area contributed by atoms with Crippen molar-refractivity contribution in [2.45, 2.75) is 38.3 Å². The lowest BCUT2D eigenvalue weighted by Gasteiger charge is -2.53. The van der Waals surface area contributed by atoms with Crippen LogP contribution in [0.15, 0.2) is 29.2 Å². The molecule has 3 heterocycles. The summed E-state index contributed by atoms with van der Waals surface area (Å²) in [5.41, 5.74) is -0.914. The first-order chi connectivity index (χ1) is 16.7. The van der Waals surface area contributed by atoms with Gasteiger partial charge in [-0.2, -0.15) is 0 Å². The third-order valence-electron chi connectivity index (χ3n) is 7.66. The second kappa shape index (κ2) is 7.58. The average molecular weight is 500 g/mol. The van der Waals surface area contributed by atoms with E-state index in [9.17, 15) is 23.5 Å². The maximum Gasteiger partial charge on any atom is 0.278 e. The highest BCUT2D eigenvalue weighted by Gasteiger charge is 2.61. The van der Waals surface area contributed by atoms with Crippen molar-refractivity contribution >= 4 is 17.2 Å². The van der Waals surface area contributed by atoms with Gasteiger partial charge in [0.25, 0.3) is 5.91 Å². The minimum atomic E-state index is -0.713. The molecular formula is C24H23F2N5O3S. The number of fused-ring (bicyclic) bond motifs is 2. The Kier molecular flexibility index (Phi) is 4.79. The van der Waals surface area contributed by atoms with Crippen molar-refractivity contribution in [2.75, 3.05) is 18.6 Å². The molecule has 2 aromatic heterocycles. The molecule has 1 amide bonds. The summed E-state index contributed by atoms with van der Waals surface area (Å²) >= 11 is 1.08. The highest BCUT2D eigenvalue weighted by molar-refractivity contribution is 7.14. The van der Waals surface area contributed by atoms with Gasteiger partial charge in [0.05, 0.1) is 5.56 Å². The molecule has 3 aliphatic rings. The van der Waals surface area contributed by atoms with Crippen LogP contribution in [0, 0.1) is 23.5 Å². The number of carbonyl (C=O) groups is 1. The zero-order chi connectivity index (χ0) is 24.6. The van der Waals surface area contributed by atoms with Crippen LogP contribution in [0.2, 0.25) is 0 Å². The number of benzene rings is 1. The third-order valence-corrected chi connectivity index (χ3v) is 8.61. The van der Waals surface area contributed by atoms with Gasteiger partial charge in [0.1, 0.15) is 22.3 Å². The van der Waals surface area contributed by atoms with Crippen LogP contribution in [0.5, 0.6) is 5.75 Å². The van der Waals surface area contributed by atoms with Crippen molar-refractivity contribution in [1.82, 2.24) is 19.8 Å². The molecule has 1 aliphatic heterocycles. The SMILES string of the molecule is CCN1C(=O)c2c(O)c(=O)c(-c3nnc(Cc4ccc(F)cc4F)s3)cn2N(C)C12C[C@H]1C[C@H]1C2. The first-order valence-corrected chi connectivity index (χ1v) is 12.4. The molecule has 8 nitrogen and oxygen atoms in total. The summed E-state index contributed by atoms with van der Waals surface area (Å²) in [6, 6.07) is 3.32. The number of rotatable bonds is 4. The first-order valence-electron chi connectivity index (χ1n) is 11.5. The minimum Gasteiger partial charge on any atom is -0.502 e. The number of hydrogen-bond acceptors (Lipinski definition) is 7. The highest BCUT2D eigenvalue weighted by atomic mass is 32.1. The van der Waals surface area contributed by atoms with Crippen LogP contribution in [0.3, 0.4) is 0 Å². The molecule has 2 fully saturated rings. The molecule has 0 saturated heterocycles. The maximum atomic E-state index is 14.1. The Balaban J connectivity index is 1.40. The number of amides is 1. The molecule has 1 unspecified atom stereocenters. The Morgan fingerprint density at radius 3 is 2.63 bits per heavy atom. The molecule has 0 bridgehead atoms. The molecule has 182 valence electrons. The largest absolute Gasteiger partial charge is 0.502 e. The number of hydrogen-bond donors (Lipinski definition) is 1. The fourth-order valence-electron chi connectivity index (χ4n) is 5.79. The number of aromatic nitrogens is 3. The summed E-state index contributed by atoms with van der Waals surface area (Å²) in [7, 11) is 1.87. The van der Waals surface area contributed by atoms with E-state index in [4.69, 9.17) is 0 Å². The molecule has 1 spiro atoms. The van der Waals surface area contributed by atoms with E-state index in [1.807, 2.05) is 19.0 Å². The first kappa shape index (κ1) is 22.1. The molecule has 1 N–H and O–H groups in total. The number of aromatic hydroxyl groups is 1. The summed E-state index contributed by atoms with van der Waals surface area (Å²) in [5.74, 6) is -1.17. The smallest absolute Gasteiger partial charge is 0.278 e. The number of pyridine rings is 1. The lowest BCUT2D eigenvalue weighted by atomic mass is 9.98. The quantitative estimate of drug-likeness (QED) is 0.593. The van der Waals surface area contributed by atoms with E-state index in [-0.39, 0.29) is 34.2 Å². The normalized spacial score (nSPS) is 24.7. The van der Waals surface area contributed by atoms with Crippen LogP contribution in [0.4, 0.5) is 8.78 Å². The molecule has 0 radical (unpaired) electrons. The monoisotopic (exact) mass is 499 g/mol. The summed E-state index contributed by atoms with van der Waals surface area (Å²) in [5, 5.41) is 21.7. The van der Waals surface area contributed by atoms with Crippen molar-refractivity contribution in [3.63, 3.8) is 0 Å². The summed E-state index contributed by atoms with van der Waals surface area (Å²) in [6.07, 6.45) is 4.49. The van der Waals surface area contributed by atoms with Crippen LogP contribution in [0.25, 0.3) is 10.6 Å². The Morgan fingerprint density at radius 2 is 1.94 bits per heavy atom. The van der Waals surface area contributed by atoms with Crippen molar-refractivity contribution in [3.05, 3.63) is 62.5 Å². The Hall–Kier alpha value is -3.34. The Morgan fingerprint density at radius 1 is 1.20 bits per heavy atom. The fourth-order valence-corrected chi connectivity index (χ4v) is 6.66. The molecule has 11 heteroatoms. The number of carbonyl (C=O) groups excluding carboxylic acids is 1. The van der Waals surface area contributed by atoms with E-state index in [1.165, 1.54) is 24.8 Å². The van der Waals surface area contributed by atoms with Gasteiger partial charge in [-0.3, -0.25) is 19.3 Å². The number of nitrogens with zero attached hydrogens (tertiary/aromatic N) is 5. The zero-order valence-electron chi connectivity index (χ0n) is 19.2. The fraction of sp³-hybridized carbons (Fsp3) is 0.417. The predicted octanol–water partition coefficient (Wildman–Crippen LogP) is 3.11. The maximum absolute atomic E-state index is 14.1. The summed E-state index contributed by atoms with van der Waals surface area (Å²) in [4.78, 5) is 28.3. The van der Waals surface area contributed by atoms with Crippen LogP contribution < -0.4 is 10.4 Å². The molecular weight excluding hydrogens is 476 g/mol. The van der Waals surface area contributed by atoms with E-state index in [2.05, 4.69) is 10.2 Å². The molecule has 35 heavy (non-hydrogen) atoms. The van der Waals surface area contributed by atoms with E-state index in [0.29, 0.717) is 23.4 Å². The van der Waals surface area contributed by atoms with E-state index in [1.54, 1.807) is 9.58 Å². The van der Waals surface area contributed by atoms with Gasteiger partial charge in [0.15, 0.2) is 16.5 Å². The van der Waals surface area contributed by atoms with Gasteiger partial charge in [-0.25, -0.2) is 8.78 Å². The van der Waals surface area contributed by atoms with Gasteiger partial charge in [-0.15, -0.1) is 10.2 Å².